The monoisotopic (exact) mass is 189 g/mol. The van der Waals surface area contributed by atoms with E-state index in [2.05, 4.69) is 12.6 Å². The molecule has 1 heterocycles. The molecule has 3 nitrogen and oxygen atoms in total. The topological polar surface area (TPSA) is 29.5 Å². The van der Waals surface area contributed by atoms with Crippen molar-refractivity contribution in [2.75, 3.05) is 32.1 Å². The second-order valence-electron chi connectivity index (χ2n) is 2.82. The lowest BCUT2D eigenvalue weighted by Gasteiger charge is -2.26. The number of rotatable bonds is 3. The number of thiol groups is 1. The third-order valence-electron chi connectivity index (χ3n) is 1.91. The van der Waals surface area contributed by atoms with Crippen molar-refractivity contribution in [2.24, 2.45) is 0 Å². The average Bonchev–Trinajstić information content (AvgIpc) is 2.15. The van der Waals surface area contributed by atoms with Gasteiger partial charge in [0.15, 0.2) is 0 Å². The molecule has 12 heavy (non-hydrogen) atoms. The first-order chi connectivity index (χ1) is 5.84. The Morgan fingerprint density at radius 1 is 1.42 bits per heavy atom. The van der Waals surface area contributed by atoms with E-state index in [1.165, 1.54) is 0 Å². The van der Waals surface area contributed by atoms with Crippen LogP contribution in [0.15, 0.2) is 0 Å². The van der Waals surface area contributed by atoms with E-state index in [9.17, 15) is 4.79 Å². The second kappa shape index (κ2) is 5.43. The maximum absolute atomic E-state index is 11.4. The van der Waals surface area contributed by atoms with Crippen molar-refractivity contribution in [3.05, 3.63) is 0 Å². The summed E-state index contributed by atoms with van der Waals surface area (Å²) >= 11 is 4.06. The van der Waals surface area contributed by atoms with Crippen molar-refractivity contribution in [1.82, 2.24) is 4.90 Å². The fraction of sp³-hybridized carbons (Fsp3) is 0.875. The number of carbonyl (C=O) groups is 1. The first-order valence-electron chi connectivity index (χ1n) is 4.31. The Labute approximate surface area is 78.5 Å². The molecule has 0 atom stereocenters. The Morgan fingerprint density at radius 3 is 2.67 bits per heavy atom. The average molecular weight is 189 g/mol. The lowest BCUT2D eigenvalue weighted by atomic mass is 10.3. The Kier molecular flexibility index (Phi) is 4.46. The zero-order valence-electron chi connectivity index (χ0n) is 7.16. The quantitative estimate of drug-likeness (QED) is 0.657. The fourth-order valence-electron chi connectivity index (χ4n) is 1.20. The highest BCUT2D eigenvalue weighted by Gasteiger charge is 2.15. The predicted molar refractivity (Wildman–Crippen MR) is 50.5 cm³/mol. The van der Waals surface area contributed by atoms with E-state index < -0.39 is 0 Å². The minimum Gasteiger partial charge on any atom is -0.378 e. The van der Waals surface area contributed by atoms with Crippen LogP contribution in [-0.2, 0) is 9.53 Å². The summed E-state index contributed by atoms with van der Waals surface area (Å²) in [6, 6.07) is 0. The molecular weight excluding hydrogens is 174 g/mol. The molecule has 0 N–H and O–H groups in total. The maximum Gasteiger partial charge on any atom is 0.222 e. The summed E-state index contributed by atoms with van der Waals surface area (Å²) < 4.78 is 5.15. The first-order valence-corrected chi connectivity index (χ1v) is 4.94. The van der Waals surface area contributed by atoms with Crippen molar-refractivity contribution in [3.8, 4) is 0 Å². The van der Waals surface area contributed by atoms with E-state index in [-0.39, 0.29) is 5.91 Å². The Hall–Kier alpha value is -0.220. The number of amides is 1. The van der Waals surface area contributed by atoms with Crippen molar-refractivity contribution >= 4 is 18.5 Å². The van der Waals surface area contributed by atoms with E-state index in [1.54, 1.807) is 0 Å². The van der Waals surface area contributed by atoms with Gasteiger partial charge in [-0.25, -0.2) is 0 Å². The molecule has 1 saturated heterocycles. The number of hydrogen-bond donors (Lipinski definition) is 1. The summed E-state index contributed by atoms with van der Waals surface area (Å²) in [7, 11) is 0. The van der Waals surface area contributed by atoms with E-state index in [0.717, 1.165) is 25.3 Å². The Bertz CT molecular complexity index is 146. The first kappa shape index (κ1) is 9.86. The lowest BCUT2D eigenvalue weighted by molar-refractivity contribution is -0.135. The van der Waals surface area contributed by atoms with E-state index in [0.29, 0.717) is 19.6 Å². The minimum absolute atomic E-state index is 0.243. The summed E-state index contributed by atoms with van der Waals surface area (Å²) in [4.78, 5) is 13.3. The summed E-state index contributed by atoms with van der Waals surface area (Å²) in [5.41, 5.74) is 0. The van der Waals surface area contributed by atoms with Gasteiger partial charge >= 0.3 is 0 Å². The van der Waals surface area contributed by atoms with E-state index >= 15 is 0 Å². The molecule has 1 fully saturated rings. The molecule has 1 amide bonds. The van der Waals surface area contributed by atoms with Gasteiger partial charge in [0.2, 0.25) is 5.91 Å². The van der Waals surface area contributed by atoms with E-state index in [1.807, 2.05) is 4.90 Å². The van der Waals surface area contributed by atoms with E-state index in [4.69, 9.17) is 4.74 Å². The van der Waals surface area contributed by atoms with Crippen LogP contribution < -0.4 is 0 Å². The highest BCUT2D eigenvalue weighted by Crippen LogP contribution is 2.02. The molecule has 0 bridgehead atoms. The molecule has 0 aromatic carbocycles. The van der Waals surface area contributed by atoms with Gasteiger partial charge < -0.3 is 9.64 Å². The molecule has 0 spiro atoms. The molecule has 1 rings (SSSR count). The van der Waals surface area contributed by atoms with Crippen LogP contribution in [0.1, 0.15) is 12.8 Å². The minimum atomic E-state index is 0.243. The fourth-order valence-corrected chi connectivity index (χ4v) is 1.36. The van der Waals surface area contributed by atoms with Crippen LogP contribution in [0.4, 0.5) is 0 Å². The van der Waals surface area contributed by atoms with Gasteiger partial charge in [-0.3, -0.25) is 4.79 Å². The molecule has 1 aliphatic rings. The largest absolute Gasteiger partial charge is 0.378 e. The molecule has 0 saturated carbocycles. The molecule has 4 heteroatoms. The van der Waals surface area contributed by atoms with Crippen LogP contribution in [-0.4, -0.2) is 42.9 Å². The number of hydrogen-bond acceptors (Lipinski definition) is 3. The zero-order valence-corrected chi connectivity index (χ0v) is 8.06. The SMILES string of the molecule is O=C(CCCS)N1CCOCC1. The second-order valence-corrected chi connectivity index (χ2v) is 3.27. The van der Waals surface area contributed by atoms with Crippen molar-refractivity contribution in [2.45, 2.75) is 12.8 Å². The standard InChI is InChI=1S/C8H15NO2S/c10-8(2-1-7-12)9-3-5-11-6-4-9/h12H,1-7H2. The number of ether oxygens (including phenoxy) is 1. The number of morpholine rings is 1. The molecule has 0 radical (unpaired) electrons. The van der Waals surface area contributed by atoms with Crippen LogP contribution in [0.25, 0.3) is 0 Å². The van der Waals surface area contributed by atoms with Gasteiger partial charge in [-0.2, -0.15) is 12.6 Å². The third kappa shape index (κ3) is 3.03. The van der Waals surface area contributed by atoms with Crippen LogP contribution in [0.5, 0.6) is 0 Å². The summed E-state index contributed by atoms with van der Waals surface area (Å²) in [5, 5.41) is 0. The van der Waals surface area contributed by atoms with Gasteiger partial charge in [0.1, 0.15) is 0 Å². The summed E-state index contributed by atoms with van der Waals surface area (Å²) in [6.07, 6.45) is 1.50. The van der Waals surface area contributed by atoms with Gasteiger partial charge in [-0.15, -0.1) is 0 Å². The van der Waals surface area contributed by atoms with Gasteiger partial charge in [0, 0.05) is 19.5 Å². The van der Waals surface area contributed by atoms with Crippen LogP contribution in [0, 0.1) is 0 Å². The molecular formula is C8H15NO2S. The summed E-state index contributed by atoms with van der Waals surface area (Å²) in [6.45, 7) is 2.88. The zero-order chi connectivity index (χ0) is 8.81. The smallest absolute Gasteiger partial charge is 0.222 e. The normalized spacial score (nSPS) is 17.9. The highest BCUT2D eigenvalue weighted by molar-refractivity contribution is 7.80. The molecule has 1 aliphatic heterocycles. The van der Waals surface area contributed by atoms with Gasteiger partial charge in [-0.05, 0) is 12.2 Å². The van der Waals surface area contributed by atoms with Crippen molar-refractivity contribution < 1.29 is 9.53 Å². The van der Waals surface area contributed by atoms with Crippen molar-refractivity contribution in [1.29, 1.82) is 0 Å². The molecule has 0 aromatic rings. The van der Waals surface area contributed by atoms with Gasteiger partial charge in [0.05, 0.1) is 13.2 Å². The molecule has 0 unspecified atom stereocenters. The predicted octanol–water partition coefficient (Wildman–Crippen LogP) is 0.555. The lowest BCUT2D eigenvalue weighted by Crippen LogP contribution is -2.40. The molecule has 0 aromatic heterocycles. The van der Waals surface area contributed by atoms with Gasteiger partial charge in [0.25, 0.3) is 0 Å². The Morgan fingerprint density at radius 2 is 2.08 bits per heavy atom. The highest BCUT2D eigenvalue weighted by atomic mass is 32.1. The van der Waals surface area contributed by atoms with Crippen LogP contribution in [0.3, 0.4) is 0 Å². The molecule has 0 aliphatic carbocycles. The third-order valence-corrected chi connectivity index (χ3v) is 2.23. The van der Waals surface area contributed by atoms with Crippen LogP contribution >= 0.6 is 12.6 Å². The Balaban J connectivity index is 2.20. The maximum atomic E-state index is 11.4. The van der Waals surface area contributed by atoms with Gasteiger partial charge in [-0.1, -0.05) is 0 Å². The number of carbonyl (C=O) groups excluding carboxylic acids is 1. The van der Waals surface area contributed by atoms with Crippen LogP contribution in [0.2, 0.25) is 0 Å². The molecule has 70 valence electrons. The van der Waals surface area contributed by atoms with Crippen molar-refractivity contribution in [3.63, 3.8) is 0 Å². The summed E-state index contributed by atoms with van der Waals surface area (Å²) in [5.74, 6) is 1.03. The number of nitrogens with zero attached hydrogens (tertiary/aromatic N) is 1.